The third-order valence-corrected chi connectivity index (χ3v) is 17.9. The van der Waals surface area contributed by atoms with Gasteiger partial charge in [0.2, 0.25) is 0 Å². The van der Waals surface area contributed by atoms with Gasteiger partial charge in [0.05, 0.1) is 31.0 Å². The Morgan fingerprint density at radius 3 is 1.98 bits per heavy atom. The maximum absolute atomic E-state index is 12.0. The average molecular weight is 868 g/mol. The van der Waals surface area contributed by atoms with Gasteiger partial charge in [-0.05, 0) is 112 Å². The van der Waals surface area contributed by atoms with E-state index in [1.165, 1.54) is 38.7 Å². The largest absolute Gasteiger partial charge is 0.394 e. The molecule has 24 unspecified atom stereocenters. The highest BCUT2D eigenvalue weighted by atomic mass is 16.8. The predicted octanol–water partition coefficient (Wildman–Crippen LogP) is 0.815. The molecule has 61 heavy (non-hydrogen) atoms. The van der Waals surface area contributed by atoms with E-state index in [-0.39, 0.29) is 22.7 Å². The third kappa shape index (κ3) is 7.42. The molecule has 26 atom stereocenters. The second-order valence-electron chi connectivity index (χ2n) is 21.2. The van der Waals surface area contributed by atoms with Crippen molar-refractivity contribution in [1.82, 2.24) is 5.32 Å². The maximum Gasteiger partial charge on any atom is 0.187 e. The van der Waals surface area contributed by atoms with Crippen LogP contribution < -0.4 is 5.32 Å². The molecule has 0 aromatic heterocycles. The molecule has 0 aromatic carbocycles. The summed E-state index contributed by atoms with van der Waals surface area (Å²) in [5.74, 6) is 3.43. The zero-order chi connectivity index (χ0) is 43.5. The molecule has 0 aromatic rings. The van der Waals surface area contributed by atoms with Gasteiger partial charge in [-0.1, -0.05) is 39.3 Å². The molecule has 8 fully saturated rings. The van der Waals surface area contributed by atoms with E-state index < -0.39 is 98.7 Å². The Hall–Kier alpha value is -0.900. The second kappa shape index (κ2) is 16.8. The van der Waals surface area contributed by atoms with E-state index in [0.717, 1.165) is 32.2 Å². The molecular formula is C45H73NO15. The van der Waals surface area contributed by atoms with E-state index in [1.54, 1.807) is 0 Å². The number of rotatable bonds is 7. The molecule has 0 radical (unpaired) electrons. The number of allylic oxidation sites excluding steroid dienone is 1. The molecule has 16 nitrogen and oxygen atoms in total. The SMILES string of the molecule is CC1OC(OC2C(CO)OC(OC3CCC4(C)C(=CCC5C4CCC4(C)C5CC5O[C@]6(CC[C@@H](C)CN6)C(C)C54)C3)C(OC3OC(C)C(O)C(O)C3O)C2O)C(O)C(O)C1O. The molecule has 1 spiro atoms. The van der Waals surface area contributed by atoms with Gasteiger partial charge in [0.15, 0.2) is 18.9 Å². The first-order valence-corrected chi connectivity index (χ1v) is 23.3. The fourth-order valence-electron chi connectivity index (χ4n) is 14.2. The fraction of sp³-hybridized carbons (Fsp3) is 0.956. The molecule has 9 aliphatic rings. The summed E-state index contributed by atoms with van der Waals surface area (Å²) < 4.78 is 43.7. The van der Waals surface area contributed by atoms with Gasteiger partial charge in [-0.15, -0.1) is 0 Å². The third-order valence-electron chi connectivity index (χ3n) is 17.9. The molecule has 0 amide bonds. The summed E-state index contributed by atoms with van der Waals surface area (Å²) in [5.41, 5.74) is 1.41. The number of nitrogens with one attached hydrogen (secondary N) is 1. The Labute approximate surface area is 359 Å². The maximum atomic E-state index is 12.0. The van der Waals surface area contributed by atoms with Crippen LogP contribution in [0.2, 0.25) is 0 Å². The van der Waals surface area contributed by atoms with Crippen LogP contribution in [0.3, 0.4) is 0 Å². The van der Waals surface area contributed by atoms with Gasteiger partial charge in [-0.3, -0.25) is 5.32 Å². The van der Waals surface area contributed by atoms with Gasteiger partial charge < -0.3 is 74.0 Å². The van der Waals surface area contributed by atoms with Crippen LogP contribution >= 0.6 is 0 Å². The lowest BCUT2D eigenvalue weighted by atomic mass is 9.47. The van der Waals surface area contributed by atoms with Gasteiger partial charge >= 0.3 is 0 Å². The number of hydrogen-bond donors (Lipinski definition) is 9. The summed E-state index contributed by atoms with van der Waals surface area (Å²) in [5, 5.41) is 89.8. The number of aliphatic hydroxyl groups excluding tert-OH is 8. The molecule has 16 heteroatoms. The lowest BCUT2D eigenvalue weighted by Gasteiger charge is -2.59. The van der Waals surface area contributed by atoms with Crippen molar-refractivity contribution < 1.29 is 74.0 Å². The summed E-state index contributed by atoms with van der Waals surface area (Å²) in [6.45, 7) is 13.2. The van der Waals surface area contributed by atoms with Crippen molar-refractivity contribution in [2.45, 2.75) is 209 Å². The zero-order valence-corrected chi connectivity index (χ0v) is 36.6. The Bertz CT molecular complexity index is 1600. The summed E-state index contributed by atoms with van der Waals surface area (Å²) in [7, 11) is 0. The van der Waals surface area contributed by atoms with Crippen LogP contribution in [0.5, 0.6) is 0 Å². The molecule has 5 heterocycles. The summed E-state index contributed by atoms with van der Waals surface area (Å²) in [6.07, 6.45) is -9.93. The summed E-state index contributed by atoms with van der Waals surface area (Å²) >= 11 is 0. The standard InChI is InChI=1S/C45H73NO15/c1-19-9-14-45(46-17-19)20(2)30-28(61-45)16-27-25-8-7-23-15-24(10-12-43(23,5)26(25)11-13-44(27,30)6)57-42-39(60-41-36(53)34(51)32(49)22(4)56-41)37(54)38(29(18-47)58-42)59-40-35(52)33(50)31(48)21(3)55-40/h7,19-22,24-42,46-54H,8-18H2,1-6H3/t19-,20?,21?,22?,24?,25?,26?,27?,28?,29?,30?,31?,32?,33?,34?,35?,36?,37?,38?,39?,40?,41?,42?,43?,44?,45-/m1/s1. The van der Waals surface area contributed by atoms with E-state index in [4.69, 9.17) is 33.2 Å². The number of hydrogen-bond acceptors (Lipinski definition) is 16. The van der Waals surface area contributed by atoms with Gasteiger partial charge in [-0.2, -0.15) is 0 Å². The lowest BCUT2D eigenvalue weighted by molar-refractivity contribution is -0.388. The molecular weight excluding hydrogens is 794 g/mol. The van der Waals surface area contributed by atoms with Crippen LogP contribution in [0, 0.1) is 46.3 Å². The minimum atomic E-state index is -1.70. The van der Waals surface area contributed by atoms with Crippen LogP contribution in [0.1, 0.15) is 99.3 Å². The highest BCUT2D eigenvalue weighted by molar-refractivity contribution is 5.26. The second-order valence-corrected chi connectivity index (χ2v) is 21.2. The fourth-order valence-corrected chi connectivity index (χ4v) is 14.2. The molecule has 5 aliphatic heterocycles. The Morgan fingerprint density at radius 2 is 1.36 bits per heavy atom. The highest BCUT2D eigenvalue weighted by Gasteiger charge is 2.68. The summed E-state index contributed by atoms with van der Waals surface area (Å²) in [6, 6.07) is 0. The van der Waals surface area contributed by atoms with Crippen LogP contribution in [-0.4, -0.2) is 164 Å². The van der Waals surface area contributed by atoms with Crippen molar-refractivity contribution in [3.8, 4) is 0 Å². The van der Waals surface area contributed by atoms with Crippen molar-refractivity contribution in [3.63, 3.8) is 0 Å². The smallest absolute Gasteiger partial charge is 0.187 e. The van der Waals surface area contributed by atoms with Crippen molar-refractivity contribution in [3.05, 3.63) is 11.6 Å². The van der Waals surface area contributed by atoms with Crippen LogP contribution in [0.4, 0.5) is 0 Å². The quantitative estimate of drug-likeness (QED) is 0.161. The Morgan fingerprint density at radius 1 is 0.705 bits per heavy atom. The highest BCUT2D eigenvalue weighted by Crippen LogP contribution is 2.70. The average Bonchev–Trinajstić information content (AvgIpc) is 3.69. The van der Waals surface area contributed by atoms with Crippen LogP contribution in [-0.2, 0) is 33.2 Å². The van der Waals surface area contributed by atoms with E-state index in [2.05, 4.69) is 39.1 Å². The first-order valence-electron chi connectivity index (χ1n) is 23.3. The molecule has 3 saturated carbocycles. The van der Waals surface area contributed by atoms with Crippen LogP contribution in [0.15, 0.2) is 11.6 Å². The van der Waals surface area contributed by atoms with Crippen molar-refractivity contribution >= 4 is 0 Å². The van der Waals surface area contributed by atoms with Crippen molar-refractivity contribution in [1.29, 1.82) is 0 Å². The molecule has 9 rings (SSSR count). The van der Waals surface area contributed by atoms with Crippen molar-refractivity contribution in [2.75, 3.05) is 13.2 Å². The zero-order valence-electron chi connectivity index (χ0n) is 36.6. The number of ether oxygens (including phenoxy) is 7. The molecule has 9 N–H and O–H groups in total. The topological polar surface area (TPSA) is 238 Å². The minimum absolute atomic E-state index is 0.00472. The predicted molar refractivity (Wildman–Crippen MR) is 215 cm³/mol. The number of piperidine rings is 1. The van der Waals surface area contributed by atoms with Gasteiger partial charge in [0.25, 0.3) is 0 Å². The first-order chi connectivity index (χ1) is 28.9. The van der Waals surface area contributed by atoms with E-state index >= 15 is 0 Å². The van der Waals surface area contributed by atoms with Crippen molar-refractivity contribution in [2.24, 2.45) is 46.3 Å². The van der Waals surface area contributed by atoms with E-state index in [9.17, 15) is 40.9 Å². The Balaban J connectivity index is 0.916. The summed E-state index contributed by atoms with van der Waals surface area (Å²) in [4.78, 5) is 0. The first kappa shape index (κ1) is 45.3. The van der Waals surface area contributed by atoms with Gasteiger partial charge in [-0.25, -0.2) is 0 Å². The Kier molecular flexibility index (Phi) is 12.4. The van der Waals surface area contributed by atoms with Crippen LogP contribution in [0.25, 0.3) is 0 Å². The van der Waals surface area contributed by atoms with E-state index in [0.29, 0.717) is 54.5 Å². The molecule has 5 saturated heterocycles. The number of fused-ring (bicyclic) bond motifs is 7. The van der Waals surface area contributed by atoms with Gasteiger partial charge in [0.1, 0.15) is 66.8 Å². The van der Waals surface area contributed by atoms with Gasteiger partial charge in [0, 0.05) is 12.5 Å². The normalized spacial score (nSPS) is 58.4. The van der Waals surface area contributed by atoms with E-state index in [1.807, 2.05) is 0 Å². The monoisotopic (exact) mass is 867 g/mol. The minimum Gasteiger partial charge on any atom is -0.394 e. The number of aliphatic hydroxyl groups is 8. The molecule has 4 aliphatic carbocycles. The molecule has 348 valence electrons. The molecule has 0 bridgehead atoms. The lowest BCUT2D eigenvalue weighted by Crippen LogP contribution is -2.66.